The summed E-state index contributed by atoms with van der Waals surface area (Å²) in [5.41, 5.74) is 1.19. The summed E-state index contributed by atoms with van der Waals surface area (Å²) in [5, 5.41) is 0. The molecule has 0 amide bonds. The molecule has 3 heteroatoms. The molecule has 2 unspecified atom stereocenters. The molecule has 0 N–H and O–H groups in total. The first-order valence-corrected chi connectivity index (χ1v) is 6.94. The van der Waals surface area contributed by atoms with Crippen molar-refractivity contribution in [1.82, 2.24) is 0 Å². The van der Waals surface area contributed by atoms with E-state index in [1.165, 1.54) is 25.7 Å². The molecule has 0 aromatic rings. The summed E-state index contributed by atoms with van der Waals surface area (Å²) in [6.07, 6.45) is 5.52. The number of hydrogen-bond acceptors (Lipinski definition) is 2. The van der Waals surface area contributed by atoms with Crippen molar-refractivity contribution in [2.45, 2.75) is 64.6 Å². The second kappa shape index (κ2) is 3.61. The fraction of sp³-hybridized carbons (Fsp3) is 0.857. The van der Waals surface area contributed by atoms with Gasteiger partial charge in [-0.05, 0) is 65.2 Å². The van der Waals surface area contributed by atoms with Crippen LogP contribution in [0.25, 0.3) is 0 Å². The fourth-order valence-electron chi connectivity index (χ4n) is 3.43. The van der Waals surface area contributed by atoms with Crippen LogP contribution in [0.5, 0.6) is 0 Å². The van der Waals surface area contributed by atoms with E-state index >= 15 is 0 Å². The van der Waals surface area contributed by atoms with E-state index in [4.69, 9.17) is 9.31 Å². The summed E-state index contributed by atoms with van der Waals surface area (Å²) in [6, 6.07) is 0. The molecule has 1 saturated heterocycles. The lowest BCUT2D eigenvalue weighted by Gasteiger charge is -2.32. The maximum atomic E-state index is 6.04. The maximum absolute atomic E-state index is 6.04. The second-order valence-electron chi connectivity index (χ2n) is 6.95. The van der Waals surface area contributed by atoms with E-state index in [2.05, 4.69) is 33.7 Å². The molecule has 3 rings (SSSR count). The van der Waals surface area contributed by atoms with Crippen molar-refractivity contribution in [2.24, 2.45) is 11.8 Å². The maximum Gasteiger partial charge on any atom is 0.487 e. The van der Waals surface area contributed by atoms with Gasteiger partial charge in [0.05, 0.1) is 11.2 Å². The molecule has 2 saturated carbocycles. The highest BCUT2D eigenvalue weighted by atomic mass is 16.7. The predicted octanol–water partition coefficient (Wildman–Crippen LogP) is 3.36. The zero-order valence-electron chi connectivity index (χ0n) is 11.5. The molecule has 1 heterocycles. The molecule has 94 valence electrons. The summed E-state index contributed by atoms with van der Waals surface area (Å²) >= 11 is 0. The van der Waals surface area contributed by atoms with Crippen molar-refractivity contribution in [1.29, 1.82) is 0 Å². The number of fused-ring (bicyclic) bond motifs is 2. The van der Waals surface area contributed by atoms with Crippen LogP contribution in [0.4, 0.5) is 0 Å². The average Bonchev–Trinajstić information content (AvgIpc) is 2.80. The van der Waals surface area contributed by atoms with Gasteiger partial charge in [0.1, 0.15) is 0 Å². The first-order chi connectivity index (χ1) is 7.87. The lowest BCUT2D eigenvalue weighted by Crippen LogP contribution is -2.41. The third-order valence-corrected chi connectivity index (χ3v) is 5.21. The standard InChI is InChI=1S/C14H23BO2/c1-13(2)14(3,4)17-15(16-13)9-12-8-10-5-6-11(12)7-10/h9-11H,5-8H2,1-4H3. The van der Waals surface area contributed by atoms with Crippen molar-refractivity contribution in [3.8, 4) is 0 Å². The van der Waals surface area contributed by atoms with Crippen molar-refractivity contribution in [3.63, 3.8) is 0 Å². The monoisotopic (exact) mass is 234 g/mol. The topological polar surface area (TPSA) is 18.5 Å². The zero-order chi connectivity index (χ0) is 12.3. The van der Waals surface area contributed by atoms with Crippen molar-refractivity contribution in [3.05, 3.63) is 11.5 Å². The van der Waals surface area contributed by atoms with Crippen LogP contribution < -0.4 is 0 Å². The van der Waals surface area contributed by atoms with Gasteiger partial charge in [0.2, 0.25) is 0 Å². The molecule has 3 fully saturated rings. The van der Waals surface area contributed by atoms with Gasteiger partial charge in [0.15, 0.2) is 0 Å². The first-order valence-electron chi connectivity index (χ1n) is 6.94. The van der Waals surface area contributed by atoms with Crippen LogP contribution in [-0.4, -0.2) is 18.3 Å². The van der Waals surface area contributed by atoms with Gasteiger partial charge in [-0.3, -0.25) is 0 Å². The normalized spacial score (nSPS) is 40.5. The molecule has 2 nitrogen and oxygen atoms in total. The largest absolute Gasteiger partial charge is 0.487 e. The highest BCUT2D eigenvalue weighted by Crippen LogP contribution is 2.48. The third kappa shape index (κ3) is 1.88. The third-order valence-electron chi connectivity index (χ3n) is 5.21. The highest BCUT2D eigenvalue weighted by molar-refractivity contribution is 6.51. The Morgan fingerprint density at radius 3 is 2.24 bits per heavy atom. The zero-order valence-corrected chi connectivity index (χ0v) is 11.5. The molecule has 0 spiro atoms. The van der Waals surface area contributed by atoms with Gasteiger partial charge in [-0.2, -0.15) is 0 Å². The predicted molar refractivity (Wildman–Crippen MR) is 69.6 cm³/mol. The van der Waals surface area contributed by atoms with E-state index in [1.807, 2.05) is 0 Å². The number of rotatable bonds is 1. The molecule has 0 radical (unpaired) electrons. The number of allylic oxidation sites excluding steroid dienone is 1. The van der Waals surface area contributed by atoms with E-state index in [9.17, 15) is 0 Å². The lowest BCUT2D eigenvalue weighted by atomic mass is 9.82. The Hall–Kier alpha value is -0.275. The Kier molecular flexibility index (Phi) is 2.51. The summed E-state index contributed by atoms with van der Waals surface area (Å²) < 4.78 is 12.1. The smallest absolute Gasteiger partial charge is 0.400 e. The summed E-state index contributed by atoms with van der Waals surface area (Å²) in [6.45, 7) is 8.47. The van der Waals surface area contributed by atoms with Crippen LogP contribution in [0.2, 0.25) is 0 Å². The van der Waals surface area contributed by atoms with E-state index in [0.717, 1.165) is 11.8 Å². The van der Waals surface area contributed by atoms with Gasteiger partial charge in [0.25, 0.3) is 0 Å². The molecule has 2 bridgehead atoms. The molecule has 1 aliphatic heterocycles. The van der Waals surface area contributed by atoms with Crippen LogP contribution in [0.1, 0.15) is 53.4 Å². The highest BCUT2D eigenvalue weighted by Gasteiger charge is 2.50. The minimum atomic E-state index is -0.202. The molecular formula is C14H23BO2. The molecule has 0 aromatic heterocycles. The Bertz CT molecular complexity index is 343. The Labute approximate surface area is 105 Å². The summed E-state index contributed by atoms with van der Waals surface area (Å²) in [7, 11) is -0.130. The van der Waals surface area contributed by atoms with Crippen molar-refractivity contribution in [2.75, 3.05) is 0 Å². The van der Waals surface area contributed by atoms with Gasteiger partial charge >= 0.3 is 7.12 Å². The average molecular weight is 234 g/mol. The van der Waals surface area contributed by atoms with Gasteiger partial charge in [0, 0.05) is 0 Å². The van der Waals surface area contributed by atoms with Gasteiger partial charge in [-0.1, -0.05) is 11.5 Å². The Morgan fingerprint density at radius 2 is 1.76 bits per heavy atom. The molecule has 2 atom stereocenters. The van der Waals surface area contributed by atoms with Crippen LogP contribution in [0.15, 0.2) is 11.5 Å². The fourth-order valence-corrected chi connectivity index (χ4v) is 3.43. The minimum Gasteiger partial charge on any atom is -0.400 e. The minimum absolute atomic E-state index is 0.130. The van der Waals surface area contributed by atoms with E-state index < -0.39 is 0 Å². The van der Waals surface area contributed by atoms with E-state index in [-0.39, 0.29) is 18.3 Å². The van der Waals surface area contributed by atoms with Crippen LogP contribution >= 0.6 is 0 Å². The Morgan fingerprint density at radius 1 is 1.12 bits per heavy atom. The van der Waals surface area contributed by atoms with Gasteiger partial charge < -0.3 is 9.31 Å². The molecule has 17 heavy (non-hydrogen) atoms. The van der Waals surface area contributed by atoms with Crippen LogP contribution in [0.3, 0.4) is 0 Å². The van der Waals surface area contributed by atoms with E-state index in [1.54, 1.807) is 5.57 Å². The van der Waals surface area contributed by atoms with Gasteiger partial charge in [-0.25, -0.2) is 0 Å². The second-order valence-corrected chi connectivity index (χ2v) is 6.95. The first kappa shape index (κ1) is 11.8. The quantitative estimate of drug-likeness (QED) is 0.647. The van der Waals surface area contributed by atoms with Crippen molar-refractivity contribution >= 4 is 7.12 Å². The van der Waals surface area contributed by atoms with E-state index in [0.29, 0.717) is 0 Å². The van der Waals surface area contributed by atoms with Crippen LogP contribution in [0, 0.1) is 11.8 Å². The number of hydrogen-bond donors (Lipinski definition) is 0. The molecule has 2 aliphatic carbocycles. The van der Waals surface area contributed by atoms with Crippen molar-refractivity contribution < 1.29 is 9.31 Å². The van der Waals surface area contributed by atoms with Gasteiger partial charge in [-0.15, -0.1) is 0 Å². The molecule has 3 aliphatic rings. The summed E-state index contributed by atoms with van der Waals surface area (Å²) in [4.78, 5) is 0. The molecular weight excluding hydrogens is 211 g/mol. The lowest BCUT2D eigenvalue weighted by molar-refractivity contribution is 0.00578. The SMILES string of the molecule is CC1(C)OB(C=C2CC3CCC2C3)OC1(C)C. The summed E-state index contributed by atoms with van der Waals surface area (Å²) in [5.74, 6) is 4.05. The van der Waals surface area contributed by atoms with Crippen LogP contribution in [-0.2, 0) is 9.31 Å². The Balaban J connectivity index is 1.74. The molecule has 0 aromatic carbocycles.